The summed E-state index contributed by atoms with van der Waals surface area (Å²) in [5, 5.41) is 4.10. The van der Waals surface area contributed by atoms with Gasteiger partial charge in [0.15, 0.2) is 17.1 Å². The van der Waals surface area contributed by atoms with E-state index in [9.17, 15) is 0 Å². The van der Waals surface area contributed by atoms with Crippen molar-refractivity contribution in [3.63, 3.8) is 0 Å². The van der Waals surface area contributed by atoms with Crippen LogP contribution in [0.1, 0.15) is 0 Å². The molecular weight excluding hydrogens is 256 g/mol. The molecule has 0 saturated carbocycles. The van der Waals surface area contributed by atoms with Gasteiger partial charge in [-0.2, -0.15) is 4.98 Å². The van der Waals surface area contributed by atoms with Crippen molar-refractivity contribution in [3.8, 4) is 22.6 Å². The predicted molar refractivity (Wildman–Crippen MR) is 75.9 cm³/mol. The number of nitrogens with two attached hydrogens (primary N) is 1. The molecule has 0 aliphatic rings. The number of methoxy groups -OCH3 is 2. The summed E-state index contributed by atoms with van der Waals surface area (Å²) in [7, 11) is 3.22. The van der Waals surface area contributed by atoms with E-state index in [0.29, 0.717) is 17.1 Å². The number of rotatable bonds is 3. The maximum atomic E-state index is 5.65. The Hall–Kier alpha value is -2.76. The minimum Gasteiger partial charge on any atom is -0.493 e. The van der Waals surface area contributed by atoms with Gasteiger partial charge in [0.2, 0.25) is 5.95 Å². The number of ether oxygens (including phenoxy) is 2. The zero-order valence-electron chi connectivity index (χ0n) is 11.2. The molecule has 0 saturated heterocycles. The summed E-state index contributed by atoms with van der Waals surface area (Å²) in [5.74, 6) is 1.60. The smallest absolute Gasteiger partial charge is 0.240 e. The van der Waals surface area contributed by atoms with Crippen molar-refractivity contribution < 1.29 is 9.47 Å². The van der Waals surface area contributed by atoms with E-state index in [1.165, 1.54) is 0 Å². The van der Waals surface area contributed by atoms with Crippen LogP contribution in [0.15, 0.2) is 36.5 Å². The van der Waals surface area contributed by atoms with Crippen LogP contribution in [0.2, 0.25) is 0 Å². The first-order chi connectivity index (χ1) is 9.72. The number of benzene rings is 1. The quantitative estimate of drug-likeness (QED) is 0.787. The number of nitrogens with zero attached hydrogens (tertiary/aromatic N) is 3. The Labute approximate surface area is 115 Å². The second-order valence-electron chi connectivity index (χ2n) is 4.23. The molecule has 2 N–H and O–H groups in total. The van der Waals surface area contributed by atoms with Gasteiger partial charge in [-0.1, -0.05) is 6.07 Å². The number of hydrogen-bond acceptors (Lipinski definition) is 5. The van der Waals surface area contributed by atoms with Crippen LogP contribution < -0.4 is 15.2 Å². The van der Waals surface area contributed by atoms with Gasteiger partial charge in [0.25, 0.3) is 0 Å². The van der Waals surface area contributed by atoms with Gasteiger partial charge in [0.1, 0.15) is 0 Å². The Morgan fingerprint density at radius 3 is 2.65 bits per heavy atom. The molecule has 1 aromatic carbocycles. The monoisotopic (exact) mass is 270 g/mol. The van der Waals surface area contributed by atoms with Crippen LogP contribution in [0.4, 0.5) is 5.95 Å². The Kier molecular flexibility index (Phi) is 2.90. The molecule has 0 aliphatic carbocycles. The minimum absolute atomic E-state index is 0.248. The number of anilines is 1. The largest absolute Gasteiger partial charge is 0.493 e. The van der Waals surface area contributed by atoms with Gasteiger partial charge in [-0.3, -0.25) is 0 Å². The molecule has 0 atom stereocenters. The number of pyridine rings is 1. The maximum absolute atomic E-state index is 5.65. The first kappa shape index (κ1) is 12.3. The van der Waals surface area contributed by atoms with Crippen LogP contribution >= 0.6 is 0 Å². The van der Waals surface area contributed by atoms with E-state index in [0.717, 1.165) is 11.1 Å². The Balaban J connectivity index is 2.20. The van der Waals surface area contributed by atoms with Crippen molar-refractivity contribution in [1.82, 2.24) is 14.6 Å². The average molecular weight is 270 g/mol. The number of fused-ring (bicyclic) bond motifs is 1. The summed E-state index contributed by atoms with van der Waals surface area (Å²) in [6.07, 6.45) is 1.81. The lowest BCUT2D eigenvalue weighted by Gasteiger charge is -2.10. The summed E-state index contributed by atoms with van der Waals surface area (Å²) in [4.78, 5) is 4.25. The number of nitrogen functional groups attached to an aromatic ring is 1. The third-order valence-corrected chi connectivity index (χ3v) is 3.07. The van der Waals surface area contributed by atoms with Crippen molar-refractivity contribution >= 4 is 11.6 Å². The summed E-state index contributed by atoms with van der Waals surface area (Å²) >= 11 is 0. The van der Waals surface area contributed by atoms with Crippen LogP contribution in [0.5, 0.6) is 11.5 Å². The second kappa shape index (κ2) is 4.73. The highest BCUT2D eigenvalue weighted by Gasteiger charge is 2.11. The lowest BCUT2D eigenvalue weighted by molar-refractivity contribution is 0.355. The first-order valence-electron chi connectivity index (χ1n) is 6.06. The minimum atomic E-state index is 0.248. The number of hydrogen-bond donors (Lipinski definition) is 1. The molecular formula is C14H14N4O2. The lowest BCUT2D eigenvalue weighted by Crippen LogP contribution is -1.93. The molecule has 0 spiro atoms. The first-order valence-corrected chi connectivity index (χ1v) is 6.06. The molecule has 3 rings (SSSR count). The van der Waals surface area contributed by atoms with Gasteiger partial charge < -0.3 is 15.2 Å². The van der Waals surface area contributed by atoms with Crippen LogP contribution in [-0.4, -0.2) is 28.8 Å². The Morgan fingerprint density at radius 1 is 1.10 bits per heavy atom. The van der Waals surface area contributed by atoms with Crippen molar-refractivity contribution in [2.45, 2.75) is 0 Å². The fraction of sp³-hybridized carbons (Fsp3) is 0.143. The molecule has 0 aliphatic heterocycles. The van der Waals surface area contributed by atoms with E-state index >= 15 is 0 Å². The van der Waals surface area contributed by atoms with Crippen LogP contribution in [-0.2, 0) is 0 Å². The highest BCUT2D eigenvalue weighted by Crippen LogP contribution is 2.33. The van der Waals surface area contributed by atoms with Crippen LogP contribution in [0.25, 0.3) is 16.8 Å². The molecule has 0 unspecified atom stereocenters. The summed E-state index contributed by atoms with van der Waals surface area (Å²) in [6.45, 7) is 0. The molecule has 6 nitrogen and oxygen atoms in total. The van der Waals surface area contributed by atoms with Crippen molar-refractivity contribution in [2.24, 2.45) is 0 Å². The lowest BCUT2D eigenvalue weighted by atomic mass is 10.1. The van der Waals surface area contributed by atoms with Crippen molar-refractivity contribution in [3.05, 3.63) is 36.5 Å². The van der Waals surface area contributed by atoms with Gasteiger partial charge in [-0.05, 0) is 29.8 Å². The van der Waals surface area contributed by atoms with Gasteiger partial charge in [-0.25, -0.2) is 4.52 Å². The molecule has 6 heteroatoms. The molecule has 0 fully saturated rings. The standard InChI is InChI=1S/C14H14N4O2/c1-19-11-6-5-9(8-12(11)20-2)10-4-3-7-18-13(10)16-14(15)17-18/h3-8H,1-2H3,(H2,15,17). The van der Waals surface area contributed by atoms with Crippen LogP contribution in [0, 0.1) is 0 Å². The zero-order valence-corrected chi connectivity index (χ0v) is 11.2. The summed E-state index contributed by atoms with van der Waals surface area (Å²) in [5.41, 5.74) is 8.24. The highest BCUT2D eigenvalue weighted by molar-refractivity contribution is 5.79. The molecule has 20 heavy (non-hydrogen) atoms. The second-order valence-corrected chi connectivity index (χ2v) is 4.23. The van der Waals surface area contributed by atoms with E-state index < -0.39 is 0 Å². The number of aromatic nitrogens is 3. The molecule has 102 valence electrons. The summed E-state index contributed by atoms with van der Waals surface area (Å²) in [6, 6.07) is 9.57. The third-order valence-electron chi connectivity index (χ3n) is 3.07. The highest BCUT2D eigenvalue weighted by atomic mass is 16.5. The van der Waals surface area contributed by atoms with Crippen molar-refractivity contribution in [1.29, 1.82) is 0 Å². The third kappa shape index (κ3) is 1.91. The Bertz CT molecular complexity index is 767. The fourth-order valence-corrected chi connectivity index (χ4v) is 2.15. The molecule has 0 bridgehead atoms. The van der Waals surface area contributed by atoms with E-state index in [1.54, 1.807) is 18.7 Å². The topological polar surface area (TPSA) is 74.7 Å². The van der Waals surface area contributed by atoms with Gasteiger partial charge in [0, 0.05) is 11.8 Å². The zero-order chi connectivity index (χ0) is 14.1. The van der Waals surface area contributed by atoms with Gasteiger partial charge in [0.05, 0.1) is 14.2 Å². The Morgan fingerprint density at radius 2 is 1.90 bits per heavy atom. The maximum Gasteiger partial charge on any atom is 0.240 e. The fourth-order valence-electron chi connectivity index (χ4n) is 2.15. The molecule has 0 amide bonds. The van der Waals surface area contributed by atoms with E-state index in [4.69, 9.17) is 15.2 Å². The van der Waals surface area contributed by atoms with Gasteiger partial charge in [-0.15, -0.1) is 5.10 Å². The van der Waals surface area contributed by atoms with E-state index in [2.05, 4.69) is 10.1 Å². The van der Waals surface area contributed by atoms with Gasteiger partial charge >= 0.3 is 0 Å². The molecule has 2 aromatic heterocycles. The molecule has 0 radical (unpaired) electrons. The van der Waals surface area contributed by atoms with E-state index in [-0.39, 0.29) is 5.95 Å². The SMILES string of the molecule is COc1ccc(-c2cccn3nc(N)nc23)cc1OC. The summed E-state index contributed by atoms with van der Waals surface area (Å²) < 4.78 is 12.2. The molecule has 3 aromatic rings. The predicted octanol–water partition coefficient (Wildman–Crippen LogP) is 2.00. The van der Waals surface area contributed by atoms with Crippen LogP contribution in [0.3, 0.4) is 0 Å². The van der Waals surface area contributed by atoms with Crippen molar-refractivity contribution in [2.75, 3.05) is 20.0 Å². The van der Waals surface area contributed by atoms with E-state index in [1.807, 2.05) is 36.5 Å². The molecule has 2 heterocycles. The average Bonchev–Trinajstić information content (AvgIpc) is 2.86. The normalized spacial score (nSPS) is 10.7.